The predicted molar refractivity (Wildman–Crippen MR) is 105 cm³/mol. The summed E-state index contributed by atoms with van der Waals surface area (Å²) >= 11 is 0. The first-order chi connectivity index (χ1) is 14.9. The van der Waals surface area contributed by atoms with Gasteiger partial charge in [-0.25, -0.2) is 9.18 Å². The summed E-state index contributed by atoms with van der Waals surface area (Å²) in [6, 6.07) is 2.25. The van der Waals surface area contributed by atoms with Gasteiger partial charge in [-0.05, 0) is 50.8 Å². The standard InChI is InChI=1S/C22H26F4N2O4/c1-13(32-17-4-3-15(9-16(17)23)22(24,25)26)20(2)5-7-28(8-6-20)18(29)14-10-21(11-14)12-31-19(30)27-21/h3-4,9,13-14H,5-8,10-12H2,1-2H3,(H,27,30). The Morgan fingerprint density at radius 1 is 1.28 bits per heavy atom. The van der Waals surface area contributed by atoms with Crippen molar-refractivity contribution in [2.24, 2.45) is 11.3 Å². The summed E-state index contributed by atoms with van der Waals surface area (Å²) in [5.41, 5.74) is -1.83. The van der Waals surface area contributed by atoms with Crippen molar-refractivity contribution in [3.05, 3.63) is 29.6 Å². The number of rotatable bonds is 4. The van der Waals surface area contributed by atoms with E-state index in [-0.39, 0.29) is 23.0 Å². The van der Waals surface area contributed by atoms with Gasteiger partial charge in [-0.1, -0.05) is 6.92 Å². The minimum atomic E-state index is -4.62. The van der Waals surface area contributed by atoms with Gasteiger partial charge >= 0.3 is 12.3 Å². The molecule has 2 saturated heterocycles. The number of piperidine rings is 1. The van der Waals surface area contributed by atoms with E-state index >= 15 is 0 Å². The van der Waals surface area contributed by atoms with Crippen molar-refractivity contribution in [1.29, 1.82) is 0 Å². The number of carbonyl (C=O) groups is 2. The maximum absolute atomic E-state index is 14.2. The third-order valence-electron chi connectivity index (χ3n) is 7.23. The SMILES string of the molecule is CC(Oc1ccc(C(F)(F)F)cc1F)C1(C)CCN(C(=O)C2CC3(COC(=O)N3)C2)CC1. The highest BCUT2D eigenvalue weighted by Crippen LogP contribution is 2.43. The Labute approximate surface area is 183 Å². The Morgan fingerprint density at radius 3 is 2.47 bits per heavy atom. The highest BCUT2D eigenvalue weighted by Gasteiger charge is 2.53. The second kappa shape index (κ2) is 7.81. The van der Waals surface area contributed by atoms with Gasteiger partial charge in [0.05, 0.1) is 11.1 Å². The smallest absolute Gasteiger partial charge is 0.416 e. The zero-order chi connectivity index (χ0) is 23.3. The molecule has 1 aromatic carbocycles. The lowest BCUT2D eigenvalue weighted by molar-refractivity contribution is -0.144. The van der Waals surface area contributed by atoms with Gasteiger partial charge in [-0.15, -0.1) is 0 Å². The summed E-state index contributed by atoms with van der Waals surface area (Å²) < 4.78 is 63.0. The van der Waals surface area contributed by atoms with Crippen molar-refractivity contribution in [2.45, 2.75) is 57.3 Å². The Bertz CT molecular complexity index is 906. The number of halogens is 4. The highest BCUT2D eigenvalue weighted by molar-refractivity contribution is 5.81. The maximum Gasteiger partial charge on any atom is 0.416 e. The quantitative estimate of drug-likeness (QED) is 0.689. The zero-order valence-corrected chi connectivity index (χ0v) is 17.9. The van der Waals surface area contributed by atoms with Crippen LogP contribution in [0.4, 0.5) is 22.4 Å². The van der Waals surface area contributed by atoms with Gasteiger partial charge in [0.1, 0.15) is 12.7 Å². The molecular weight excluding hydrogens is 432 g/mol. The van der Waals surface area contributed by atoms with Crippen LogP contribution in [0.25, 0.3) is 0 Å². The normalized spacial score (nSPS) is 28.0. The molecule has 1 atom stereocenters. The van der Waals surface area contributed by atoms with Crippen molar-refractivity contribution >= 4 is 12.0 Å². The molecule has 1 unspecified atom stereocenters. The van der Waals surface area contributed by atoms with Gasteiger partial charge in [0.2, 0.25) is 5.91 Å². The summed E-state index contributed by atoms with van der Waals surface area (Å²) in [5, 5.41) is 2.78. The molecule has 0 aromatic heterocycles. The van der Waals surface area contributed by atoms with Crippen LogP contribution in [0.2, 0.25) is 0 Å². The fourth-order valence-electron chi connectivity index (χ4n) is 4.78. The Morgan fingerprint density at radius 2 is 1.94 bits per heavy atom. The van der Waals surface area contributed by atoms with E-state index in [4.69, 9.17) is 9.47 Å². The molecule has 0 radical (unpaired) electrons. The average Bonchev–Trinajstić information content (AvgIpc) is 3.10. The molecule has 1 aromatic rings. The van der Waals surface area contributed by atoms with Crippen LogP contribution in [0.5, 0.6) is 5.75 Å². The van der Waals surface area contributed by atoms with Crippen LogP contribution >= 0.6 is 0 Å². The molecular formula is C22H26F4N2O4. The maximum atomic E-state index is 14.2. The van der Waals surface area contributed by atoms with Crippen molar-refractivity contribution in [3.63, 3.8) is 0 Å². The van der Waals surface area contributed by atoms with E-state index in [1.165, 1.54) is 0 Å². The third-order valence-corrected chi connectivity index (χ3v) is 7.23. The molecule has 0 bridgehead atoms. The lowest BCUT2D eigenvalue weighted by Gasteiger charge is -2.47. The molecule has 2 heterocycles. The van der Waals surface area contributed by atoms with Crippen LogP contribution < -0.4 is 10.1 Å². The Hall–Kier alpha value is -2.52. The number of carbonyl (C=O) groups excluding carboxylic acids is 2. The minimum Gasteiger partial charge on any atom is -0.487 e. The number of nitrogens with one attached hydrogen (secondary N) is 1. The zero-order valence-electron chi connectivity index (χ0n) is 17.9. The monoisotopic (exact) mass is 458 g/mol. The van der Waals surface area contributed by atoms with Gasteiger partial charge in [-0.2, -0.15) is 13.2 Å². The Balaban J connectivity index is 1.31. The van der Waals surface area contributed by atoms with E-state index in [1.807, 2.05) is 11.8 Å². The number of hydrogen-bond acceptors (Lipinski definition) is 4. The average molecular weight is 458 g/mol. The number of ether oxygens (including phenoxy) is 2. The Kier molecular flexibility index (Phi) is 5.53. The van der Waals surface area contributed by atoms with Crippen molar-refractivity contribution in [3.8, 4) is 5.75 Å². The summed E-state index contributed by atoms with van der Waals surface area (Å²) in [5.74, 6) is -1.35. The molecule has 1 spiro atoms. The first-order valence-corrected chi connectivity index (χ1v) is 10.7. The van der Waals surface area contributed by atoms with Gasteiger partial charge in [0.25, 0.3) is 0 Å². The topological polar surface area (TPSA) is 67.9 Å². The lowest BCUT2D eigenvalue weighted by atomic mass is 9.68. The number of cyclic esters (lactones) is 1. The molecule has 4 rings (SSSR count). The van der Waals surface area contributed by atoms with Gasteiger partial charge in [0.15, 0.2) is 11.6 Å². The number of alkyl halides is 3. The van der Waals surface area contributed by atoms with Crippen LogP contribution in [0, 0.1) is 17.2 Å². The predicted octanol–water partition coefficient (Wildman–Crippen LogP) is 4.13. The minimum absolute atomic E-state index is 0.0566. The van der Waals surface area contributed by atoms with E-state index in [1.54, 1.807) is 6.92 Å². The first-order valence-electron chi connectivity index (χ1n) is 10.7. The number of nitrogens with zero attached hydrogens (tertiary/aromatic N) is 1. The molecule has 32 heavy (non-hydrogen) atoms. The van der Waals surface area contributed by atoms with Gasteiger partial charge < -0.3 is 19.7 Å². The van der Waals surface area contributed by atoms with Crippen LogP contribution in [-0.4, -0.2) is 48.2 Å². The molecule has 10 heteroatoms. The first kappa shape index (κ1) is 22.7. The van der Waals surface area contributed by atoms with Crippen molar-refractivity contribution < 1.29 is 36.6 Å². The second-order valence-electron chi connectivity index (χ2n) is 9.47. The molecule has 1 N–H and O–H groups in total. The van der Waals surface area contributed by atoms with Crippen molar-refractivity contribution in [1.82, 2.24) is 10.2 Å². The molecule has 2 amide bonds. The third kappa shape index (κ3) is 4.23. The number of benzene rings is 1. The second-order valence-corrected chi connectivity index (χ2v) is 9.47. The summed E-state index contributed by atoms with van der Waals surface area (Å²) in [7, 11) is 0. The van der Waals surface area contributed by atoms with E-state index in [9.17, 15) is 27.2 Å². The fourth-order valence-corrected chi connectivity index (χ4v) is 4.78. The van der Waals surface area contributed by atoms with Gasteiger partial charge in [-0.3, -0.25) is 4.79 Å². The van der Waals surface area contributed by atoms with E-state index in [0.29, 0.717) is 51.4 Å². The van der Waals surface area contributed by atoms with E-state index in [2.05, 4.69) is 5.32 Å². The van der Waals surface area contributed by atoms with Gasteiger partial charge in [0, 0.05) is 24.4 Å². The molecule has 176 valence electrons. The summed E-state index contributed by atoms with van der Waals surface area (Å²) in [6.07, 6.45) is -3.13. The largest absolute Gasteiger partial charge is 0.487 e. The highest BCUT2D eigenvalue weighted by atomic mass is 19.4. The lowest BCUT2D eigenvalue weighted by Crippen LogP contribution is -2.59. The summed E-state index contributed by atoms with van der Waals surface area (Å²) in [4.78, 5) is 25.9. The number of hydrogen-bond donors (Lipinski definition) is 1. The van der Waals surface area contributed by atoms with E-state index < -0.39 is 35.3 Å². The molecule has 1 saturated carbocycles. The summed E-state index contributed by atoms with van der Waals surface area (Å²) in [6.45, 7) is 5.08. The van der Waals surface area contributed by atoms with Crippen LogP contribution in [0.1, 0.15) is 45.1 Å². The number of alkyl carbamates (subject to hydrolysis) is 1. The molecule has 3 fully saturated rings. The van der Waals surface area contributed by atoms with E-state index in [0.717, 1.165) is 12.1 Å². The number of amides is 2. The van der Waals surface area contributed by atoms with Crippen LogP contribution in [0.3, 0.4) is 0 Å². The molecule has 1 aliphatic carbocycles. The molecule has 2 aliphatic heterocycles. The number of likely N-dealkylation sites (tertiary alicyclic amines) is 1. The molecule has 3 aliphatic rings. The van der Waals surface area contributed by atoms with Crippen LogP contribution in [-0.2, 0) is 15.7 Å². The van der Waals surface area contributed by atoms with Crippen molar-refractivity contribution in [2.75, 3.05) is 19.7 Å². The van der Waals surface area contributed by atoms with Crippen LogP contribution in [0.15, 0.2) is 18.2 Å². The molecule has 6 nitrogen and oxygen atoms in total. The fraction of sp³-hybridized carbons (Fsp3) is 0.636.